The van der Waals surface area contributed by atoms with E-state index in [0.29, 0.717) is 31.6 Å². The molecule has 0 aliphatic carbocycles. The fourth-order valence-electron chi connectivity index (χ4n) is 12.5. The summed E-state index contributed by atoms with van der Waals surface area (Å²) >= 11 is 0. The number of hydrogen-bond acceptors (Lipinski definition) is 15. The van der Waals surface area contributed by atoms with Crippen LogP contribution in [-0.2, 0) is 65.4 Å². The van der Waals surface area contributed by atoms with E-state index in [-0.39, 0.29) is 25.7 Å². The minimum Gasteiger partial charge on any atom is -0.462 e. The highest BCUT2D eigenvalue weighted by atomic mass is 31.2. The van der Waals surface area contributed by atoms with Crippen LogP contribution in [-0.4, -0.2) is 96.7 Å². The van der Waals surface area contributed by atoms with Gasteiger partial charge in [0.1, 0.15) is 19.3 Å². The van der Waals surface area contributed by atoms with Crippen molar-refractivity contribution in [2.45, 2.75) is 445 Å². The van der Waals surface area contributed by atoms with Gasteiger partial charge in [0.2, 0.25) is 0 Å². The van der Waals surface area contributed by atoms with Gasteiger partial charge < -0.3 is 33.8 Å². The molecule has 3 N–H and O–H groups in total. The van der Waals surface area contributed by atoms with Crippen molar-refractivity contribution in [3.63, 3.8) is 0 Å². The Morgan fingerprint density at radius 1 is 0.290 bits per heavy atom. The minimum atomic E-state index is -4.96. The number of unbranched alkanes of at least 4 members (excludes halogenated alkanes) is 49. The molecule has 0 aliphatic rings. The summed E-state index contributed by atoms with van der Waals surface area (Å²) in [5, 5.41) is 10.6. The monoisotopic (exact) mass is 1470 g/mol. The maximum atomic E-state index is 13.1. The van der Waals surface area contributed by atoms with E-state index in [9.17, 15) is 43.2 Å². The summed E-state index contributed by atoms with van der Waals surface area (Å²) in [6, 6.07) is 0. The van der Waals surface area contributed by atoms with Gasteiger partial charge in [-0.05, 0) is 37.5 Å². The molecule has 0 amide bonds. The number of phosphoric ester groups is 2. The second kappa shape index (κ2) is 72.6. The number of aliphatic hydroxyl groups excluding tert-OH is 1. The Hall–Kier alpha value is -1.94. The summed E-state index contributed by atoms with van der Waals surface area (Å²) < 4.78 is 68.4. The Kier molecular flexibility index (Phi) is 71.2. The predicted octanol–water partition coefficient (Wildman–Crippen LogP) is 24.3. The van der Waals surface area contributed by atoms with Gasteiger partial charge in [-0.25, -0.2) is 9.13 Å². The van der Waals surface area contributed by atoms with Gasteiger partial charge >= 0.3 is 39.5 Å². The Labute approximate surface area is 613 Å². The molecule has 6 atom stereocenters. The van der Waals surface area contributed by atoms with Crippen molar-refractivity contribution in [3.05, 3.63) is 0 Å². The second-order valence-electron chi connectivity index (χ2n) is 29.9. The van der Waals surface area contributed by atoms with Crippen molar-refractivity contribution in [1.29, 1.82) is 0 Å². The lowest BCUT2D eigenvalue weighted by Crippen LogP contribution is -2.30. The fourth-order valence-corrected chi connectivity index (χ4v) is 14.1. The summed E-state index contributed by atoms with van der Waals surface area (Å²) in [5.74, 6) is -0.581. The largest absolute Gasteiger partial charge is 0.472 e. The van der Waals surface area contributed by atoms with E-state index >= 15 is 0 Å². The van der Waals surface area contributed by atoms with Crippen LogP contribution in [0.3, 0.4) is 0 Å². The van der Waals surface area contributed by atoms with Gasteiger partial charge in [0.15, 0.2) is 12.2 Å². The molecule has 0 heterocycles. The molecule has 0 aromatic rings. The van der Waals surface area contributed by atoms with Crippen LogP contribution >= 0.6 is 15.6 Å². The first kappa shape index (κ1) is 98.1. The first-order chi connectivity index (χ1) is 48.4. The molecule has 0 aliphatic heterocycles. The lowest BCUT2D eigenvalue weighted by Gasteiger charge is -2.21. The molecule has 100 heavy (non-hydrogen) atoms. The van der Waals surface area contributed by atoms with Gasteiger partial charge in [-0.15, -0.1) is 0 Å². The number of rotatable bonds is 80. The SMILES string of the molecule is CCCCCCCCCCCCCCCCCCCCCCCCC(=O)OC[C@H](COP(=O)(O)OC[C@@H](O)COP(=O)(O)OC[C@@H](COC(=O)CCCCCCCCC)OC(=O)CCCCCCCCC(C)C)OC(=O)CCCCCCCCCCCCCCCCCCCCC(C)CC. The molecule has 0 aromatic carbocycles. The Bertz CT molecular complexity index is 1930. The van der Waals surface area contributed by atoms with Crippen LogP contribution in [0.1, 0.15) is 427 Å². The van der Waals surface area contributed by atoms with Crippen molar-refractivity contribution < 1.29 is 80.2 Å². The van der Waals surface area contributed by atoms with Crippen molar-refractivity contribution in [2.24, 2.45) is 11.8 Å². The number of carbonyl (C=O) groups excluding carboxylic acids is 4. The van der Waals surface area contributed by atoms with Crippen LogP contribution in [0.5, 0.6) is 0 Å². The summed E-state index contributed by atoms with van der Waals surface area (Å²) in [7, 11) is -9.91. The van der Waals surface area contributed by atoms with Crippen LogP contribution in [0.4, 0.5) is 0 Å². The van der Waals surface area contributed by atoms with E-state index in [4.69, 9.17) is 37.0 Å². The maximum absolute atomic E-state index is 13.1. The summed E-state index contributed by atoms with van der Waals surface area (Å²) in [6.07, 6.45) is 63.1. The Morgan fingerprint density at radius 3 is 0.760 bits per heavy atom. The molecular formula is C81H158O17P2. The van der Waals surface area contributed by atoms with Crippen LogP contribution in [0, 0.1) is 11.8 Å². The van der Waals surface area contributed by atoms with Gasteiger partial charge in [0, 0.05) is 25.7 Å². The van der Waals surface area contributed by atoms with Crippen molar-refractivity contribution >= 4 is 39.5 Å². The summed E-state index contributed by atoms with van der Waals surface area (Å²) in [6.45, 7) is 9.54. The molecular weight excluding hydrogens is 1310 g/mol. The number of ether oxygens (including phenoxy) is 4. The van der Waals surface area contributed by atoms with E-state index in [1.54, 1.807) is 0 Å². The summed E-state index contributed by atoms with van der Waals surface area (Å²) in [4.78, 5) is 72.7. The molecule has 17 nitrogen and oxygen atoms in total. The van der Waals surface area contributed by atoms with Gasteiger partial charge in [0.25, 0.3) is 0 Å². The molecule has 0 spiro atoms. The highest BCUT2D eigenvalue weighted by Gasteiger charge is 2.30. The molecule has 594 valence electrons. The van der Waals surface area contributed by atoms with Crippen LogP contribution < -0.4 is 0 Å². The number of hydrogen-bond donors (Lipinski definition) is 3. The average molecular weight is 1470 g/mol. The minimum absolute atomic E-state index is 0.102. The average Bonchev–Trinajstić information content (AvgIpc) is 0.996. The van der Waals surface area contributed by atoms with E-state index in [1.807, 2.05) is 0 Å². The second-order valence-corrected chi connectivity index (χ2v) is 32.8. The molecule has 0 aromatic heterocycles. The van der Waals surface area contributed by atoms with E-state index in [1.165, 1.54) is 231 Å². The number of aliphatic hydroxyl groups is 1. The number of esters is 4. The van der Waals surface area contributed by atoms with E-state index < -0.39 is 97.5 Å². The highest BCUT2D eigenvalue weighted by molar-refractivity contribution is 7.47. The molecule has 3 unspecified atom stereocenters. The molecule has 0 radical (unpaired) electrons. The quantitative estimate of drug-likeness (QED) is 0.0222. The Balaban J connectivity index is 5.10. The van der Waals surface area contributed by atoms with Gasteiger partial charge in [-0.3, -0.25) is 37.3 Å². The van der Waals surface area contributed by atoms with Crippen LogP contribution in [0.2, 0.25) is 0 Å². The molecule has 0 rings (SSSR count). The third-order valence-corrected chi connectivity index (χ3v) is 21.2. The smallest absolute Gasteiger partial charge is 0.462 e. The normalized spacial score (nSPS) is 14.2. The predicted molar refractivity (Wildman–Crippen MR) is 409 cm³/mol. The maximum Gasteiger partial charge on any atom is 0.472 e. The van der Waals surface area contributed by atoms with Crippen LogP contribution in [0.25, 0.3) is 0 Å². The van der Waals surface area contributed by atoms with Crippen molar-refractivity contribution in [2.75, 3.05) is 39.6 Å². The lowest BCUT2D eigenvalue weighted by molar-refractivity contribution is -0.161. The Morgan fingerprint density at radius 2 is 0.510 bits per heavy atom. The zero-order valence-electron chi connectivity index (χ0n) is 65.5. The third-order valence-electron chi connectivity index (χ3n) is 19.3. The topological polar surface area (TPSA) is 237 Å². The van der Waals surface area contributed by atoms with Crippen molar-refractivity contribution in [3.8, 4) is 0 Å². The zero-order chi connectivity index (χ0) is 73.5. The van der Waals surface area contributed by atoms with Crippen LogP contribution in [0.15, 0.2) is 0 Å². The van der Waals surface area contributed by atoms with Gasteiger partial charge in [0.05, 0.1) is 26.4 Å². The highest BCUT2D eigenvalue weighted by Crippen LogP contribution is 2.45. The molecule has 0 saturated carbocycles. The van der Waals surface area contributed by atoms with E-state index in [0.717, 1.165) is 109 Å². The molecule has 0 bridgehead atoms. The van der Waals surface area contributed by atoms with E-state index in [2.05, 4.69) is 41.5 Å². The van der Waals surface area contributed by atoms with Gasteiger partial charge in [-0.1, -0.05) is 375 Å². The first-order valence-electron chi connectivity index (χ1n) is 42.0. The zero-order valence-corrected chi connectivity index (χ0v) is 67.3. The molecule has 19 heteroatoms. The lowest BCUT2D eigenvalue weighted by atomic mass is 9.99. The molecule has 0 fully saturated rings. The number of carbonyl (C=O) groups is 4. The number of phosphoric acid groups is 2. The first-order valence-corrected chi connectivity index (χ1v) is 45.0. The molecule has 0 saturated heterocycles. The fraction of sp³-hybridized carbons (Fsp3) is 0.951. The summed E-state index contributed by atoms with van der Waals surface area (Å²) in [5.41, 5.74) is 0. The van der Waals surface area contributed by atoms with Crippen molar-refractivity contribution in [1.82, 2.24) is 0 Å². The standard InChI is InChI=1S/C81H158O17P2/c1-7-10-12-14-16-17-18-19-20-21-22-23-24-25-29-32-35-38-41-45-52-58-64-79(84)92-70-76(97-80(85)65-59-53-46-42-39-36-33-30-27-26-28-31-34-37-40-44-50-56-62-74(6)9-3)71-95-99(87,88)93-67-75(82)68-94-100(89,90)96-72-77(69-91-78(83)63-57-51-43-15-13-11-8-2)98-81(86)66-60-54-48-47-49-55-61-73(4)5/h73-77,82H,7-72H2,1-6H3,(H,87,88)(H,89,90)/t74?,75-,76-,77-/m1/s1. The third kappa shape index (κ3) is 73.0. The van der Waals surface area contributed by atoms with Gasteiger partial charge in [-0.2, -0.15) is 0 Å².